The first-order chi connectivity index (χ1) is 8.20. The summed E-state index contributed by atoms with van der Waals surface area (Å²) in [5.74, 6) is 0.550. The van der Waals surface area contributed by atoms with Gasteiger partial charge in [0, 0.05) is 26.6 Å². The van der Waals surface area contributed by atoms with Gasteiger partial charge in [-0.15, -0.1) is 0 Å². The molecule has 3 heteroatoms. The number of hydrogen-bond acceptors (Lipinski definition) is 2. The fourth-order valence-corrected chi connectivity index (χ4v) is 2.30. The Bertz CT molecular complexity index is 377. The first-order valence-electron chi connectivity index (χ1n) is 6.05. The summed E-state index contributed by atoms with van der Waals surface area (Å²) in [5, 5.41) is 0. The third kappa shape index (κ3) is 2.86. The largest absolute Gasteiger partial charge is 0.379 e. The maximum Gasteiger partial charge on any atom is 0.223 e. The lowest BCUT2D eigenvalue weighted by Gasteiger charge is -2.36. The Morgan fingerprint density at radius 3 is 2.71 bits per heavy atom. The van der Waals surface area contributed by atoms with Crippen LogP contribution < -0.4 is 0 Å². The van der Waals surface area contributed by atoms with E-state index < -0.39 is 0 Å². The number of ether oxygens (including phenoxy) is 1. The van der Waals surface area contributed by atoms with Crippen molar-refractivity contribution in [3.8, 4) is 0 Å². The van der Waals surface area contributed by atoms with E-state index in [1.54, 1.807) is 7.11 Å². The molecule has 92 valence electrons. The lowest BCUT2D eigenvalue weighted by Crippen LogP contribution is -2.46. The Morgan fingerprint density at radius 2 is 2.06 bits per heavy atom. The van der Waals surface area contributed by atoms with E-state index in [0.717, 1.165) is 0 Å². The van der Waals surface area contributed by atoms with Gasteiger partial charge in [0.25, 0.3) is 0 Å². The number of methoxy groups -OCH3 is 1. The van der Waals surface area contributed by atoms with E-state index in [1.807, 2.05) is 35.2 Å². The molecule has 0 radical (unpaired) electrons. The minimum Gasteiger partial charge on any atom is -0.379 e. The quantitative estimate of drug-likeness (QED) is 0.800. The van der Waals surface area contributed by atoms with Gasteiger partial charge in [0.1, 0.15) is 0 Å². The van der Waals surface area contributed by atoms with Gasteiger partial charge in [-0.25, -0.2) is 0 Å². The molecule has 1 aromatic carbocycles. The molecule has 2 atom stereocenters. The highest BCUT2D eigenvalue weighted by atomic mass is 16.5. The summed E-state index contributed by atoms with van der Waals surface area (Å²) in [6.45, 7) is 3.46. The minimum atomic E-state index is 0.163. The molecule has 1 aromatic rings. The maximum absolute atomic E-state index is 11.9. The molecule has 1 fully saturated rings. The van der Waals surface area contributed by atoms with Crippen LogP contribution in [0, 0.1) is 5.92 Å². The highest BCUT2D eigenvalue weighted by molar-refractivity contribution is 5.77. The van der Waals surface area contributed by atoms with Crippen LogP contribution >= 0.6 is 0 Å². The van der Waals surface area contributed by atoms with E-state index in [1.165, 1.54) is 5.56 Å². The number of carbonyl (C=O) groups excluding carboxylic acids is 1. The Balaban J connectivity index is 2.03. The Kier molecular flexibility index (Phi) is 3.79. The summed E-state index contributed by atoms with van der Waals surface area (Å²) in [4.78, 5) is 13.8. The lowest BCUT2D eigenvalue weighted by atomic mass is 9.95. The highest BCUT2D eigenvalue weighted by Crippen LogP contribution is 2.22. The van der Waals surface area contributed by atoms with Crippen LogP contribution in [0.1, 0.15) is 18.9 Å². The smallest absolute Gasteiger partial charge is 0.223 e. The number of carbonyl (C=O) groups is 1. The van der Waals surface area contributed by atoms with Gasteiger partial charge in [0.05, 0.1) is 6.10 Å². The van der Waals surface area contributed by atoms with Crippen molar-refractivity contribution in [1.29, 1.82) is 0 Å². The monoisotopic (exact) mass is 233 g/mol. The van der Waals surface area contributed by atoms with Crippen LogP contribution in [-0.4, -0.2) is 30.6 Å². The van der Waals surface area contributed by atoms with Gasteiger partial charge in [-0.05, 0) is 11.5 Å². The van der Waals surface area contributed by atoms with Gasteiger partial charge in [-0.3, -0.25) is 4.79 Å². The Labute approximate surface area is 102 Å². The molecule has 0 aromatic heterocycles. The maximum atomic E-state index is 11.9. The molecule has 3 nitrogen and oxygen atoms in total. The van der Waals surface area contributed by atoms with E-state index in [2.05, 4.69) is 6.92 Å². The molecule has 0 bridgehead atoms. The molecule has 1 aliphatic heterocycles. The lowest BCUT2D eigenvalue weighted by molar-refractivity contribution is -0.141. The zero-order chi connectivity index (χ0) is 12.3. The first kappa shape index (κ1) is 12.1. The zero-order valence-electron chi connectivity index (χ0n) is 10.4. The molecule has 2 rings (SSSR count). The van der Waals surface area contributed by atoms with Gasteiger partial charge in [-0.1, -0.05) is 37.3 Å². The van der Waals surface area contributed by atoms with Crippen LogP contribution in [0.5, 0.6) is 0 Å². The molecule has 1 saturated heterocycles. The normalized spacial score (nSPS) is 25.1. The van der Waals surface area contributed by atoms with Crippen LogP contribution in [0.4, 0.5) is 0 Å². The molecule has 0 aliphatic carbocycles. The molecular weight excluding hydrogens is 214 g/mol. The molecule has 1 aliphatic rings. The molecule has 1 amide bonds. The Hall–Kier alpha value is -1.35. The van der Waals surface area contributed by atoms with Crippen molar-refractivity contribution in [1.82, 2.24) is 4.90 Å². The minimum absolute atomic E-state index is 0.163. The zero-order valence-corrected chi connectivity index (χ0v) is 10.4. The van der Waals surface area contributed by atoms with Crippen LogP contribution in [0.2, 0.25) is 0 Å². The van der Waals surface area contributed by atoms with E-state index in [4.69, 9.17) is 4.74 Å². The van der Waals surface area contributed by atoms with Crippen LogP contribution in [0.15, 0.2) is 30.3 Å². The second-order valence-electron chi connectivity index (χ2n) is 4.72. The number of hydrogen-bond donors (Lipinski definition) is 0. The van der Waals surface area contributed by atoms with Gasteiger partial charge < -0.3 is 9.64 Å². The average molecular weight is 233 g/mol. The van der Waals surface area contributed by atoms with Gasteiger partial charge >= 0.3 is 0 Å². The fraction of sp³-hybridized carbons (Fsp3) is 0.500. The van der Waals surface area contributed by atoms with Crippen molar-refractivity contribution in [2.24, 2.45) is 5.92 Å². The van der Waals surface area contributed by atoms with Gasteiger partial charge in [-0.2, -0.15) is 0 Å². The second kappa shape index (κ2) is 5.32. The van der Waals surface area contributed by atoms with Crippen molar-refractivity contribution < 1.29 is 9.53 Å². The van der Waals surface area contributed by atoms with Crippen molar-refractivity contribution in [2.45, 2.75) is 26.0 Å². The summed E-state index contributed by atoms with van der Waals surface area (Å²) >= 11 is 0. The van der Waals surface area contributed by atoms with E-state index in [9.17, 15) is 4.79 Å². The predicted octanol–water partition coefficient (Wildman–Crippen LogP) is 2.07. The number of rotatable bonds is 3. The third-order valence-electron chi connectivity index (χ3n) is 3.40. The molecule has 0 N–H and O–H groups in total. The molecule has 17 heavy (non-hydrogen) atoms. The molecule has 1 heterocycles. The topological polar surface area (TPSA) is 29.5 Å². The van der Waals surface area contributed by atoms with Crippen molar-refractivity contribution in [3.05, 3.63) is 35.9 Å². The number of amides is 1. The third-order valence-corrected chi connectivity index (χ3v) is 3.40. The van der Waals surface area contributed by atoms with E-state index in [0.29, 0.717) is 25.4 Å². The predicted molar refractivity (Wildman–Crippen MR) is 66.4 cm³/mol. The first-order valence-corrected chi connectivity index (χ1v) is 6.05. The van der Waals surface area contributed by atoms with E-state index in [-0.39, 0.29) is 12.0 Å². The van der Waals surface area contributed by atoms with Gasteiger partial charge in [0.2, 0.25) is 5.91 Å². The van der Waals surface area contributed by atoms with Gasteiger partial charge in [0.15, 0.2) is 0 Å². The highest BCUT2D eigenvalue weighted by Gasteiger charge is 2.31. The number of likely N-dealkylation sites (tertiary alicyclic amines) is 1. The van der Waals surface area contributed by atoms with Crippen molar-refractivity contribution in [2.75, 3.05) is 13.7 Å². The standard InChI is InChI=1S/C14H19NO2/c1-11-8-14(16)15(10-13(11)17-2)9-12-6-4-3-5-7-12/h3-7,11,13H,8-10H2,1-2H3. The summed E-state index contributed by atoms with van der Waals surface area (Å²) in [6, 6.07) is 10.1. The molecule has 0 spiro atoms. The summed E-state index contributed by atoms with van der Waals surface area (Å²) in [7, 11) is 1.72. The SMILES string of the molecule is COC1CN(Cc2ccccc2)C(=O)CC1C. The van der Waals surface area contributed by atoms with Crippen LogP contribution in [0.3, 0.4) is 0 Å². The molecule has 2 unspecified atom stereocenters. The fourth-order valence-electron chi connectivity index (χ4n) is 2.30. The van der Waals surface area contributed by atoms with Crippen LogP contribution in [0.25, 0.3) is 0 Å². The Morgan fingerprint density at radius 1 is 1.35 bits per heavy atom. The summed E-state index contributed by atoms with van der Waals surface area (Å²) in [6.07, 6.45) is 0.752. The van der Waals surface area contributed by atoms with Crippen molar-refractivity contribution in [3.63, 3.8) is 0 Å². The van der Waals surface area contributed by atoms with Crippen molar-refractivity contribution >= 4 is 5.91 Å². The number of nitrogens with zero attached hydrogens (tertiary/aromatic N) is 1. The average Bonchev–Trinajstić information content (AvgIpc) is 2.34. The number of piperidine rings is 1. The summed E-state index contributed by atoms with van der Waals surface area (Å²) < 4.78 is 5.43. The van der Waals surface area contributed by atoms with Crippen LogP contribution in [-0.2, 0) is 16.1 Å². The molecule has 0 saturated carbocycles. The molecular formula is C14H19NO2. The summed E-state index contributed by atoms with van der Waals surface area (Å²) in [5.41, 5.74) is 1.17. The van der Waals surface area contributed by atoms with E-state index >= 15 is 0 Å². The number of benzene rings is 1. The second-order valence-corrected chi connectivity index (χ2v) is 4.72.